The lowest BCUT2D eigenvalue weighted by atomic mass is 10.1. The van der Waals surface area contributed by atoms with Gasteiger partial charge in [-0.2, -0.15) is 26.3 Å². The van der Waals surface area contributed by atoms with E-state index in [9.17, 15) is 26.3 Å². The van der Waals surface area contributed by atoms with Crippen LogP contribution in [0.15, 0.2) is 12.1 Å². The quantitative estimate of drug-likeness (QED) is 0.436. The van der Waals surface area contributed by atoms with Gasteiger partial charge in [0.1, 0.15) is 0 Å². The van der Waals surface area contributed by atoms with Gasteiger partial charge in [0.2, 0.25) is 5.39 Å². The Labute approximate surface area is 90.5 Å². The van der Waals surface area contributed by atoms with Gasteiger partial charge in [-0.25, -0.2) is 0 Å². The van der Waals surface area contributed by atoms with Crippen molar-refractivity contribution < 1.29 is 26.3 Å². The van der Waals surface area contributed by atoms with Crippen molar-refractivity contribution in [1.29, 1.82) is 5.39 Å². The van der Waals surface area contributed by atoms with E-state index in [1.54, 1.807) is 0 Å². The fourth-order valence-electron chi connectivity index (χ4n) is 1.16. The lowest BCUT2D eigenvalue weighted by molar-refractivity contribution is -0.141. The van der Waals surface area contributed by atoms with E-state index in [1.807, 2.05) is 0 Å². The van der Waals surface area contributed by atoms with E-state index >= 15 is 0 Å². The minimum atomic E-state index is -5.06. The maximum Gasteiger partial charge on any atom is 0.418 e. The number of halogens is 6. The summed E-state index contributed by atoms with van der Waals surface area (Å²) in [5, 5.41) is 8.26. The molecule has 1 rings (SSSR count). The summed E-state index contributed by atoms with van der Waals surface area (Å²) < 4.78 is 74.2. The molecule has 0 amide bonds. The van der Waals surface area contributed by atoms with Crippen LogP contribution in [0.2, 0.25) is 0 Å². The number of diazo groups is 1. The molecule has 0 spiro atoms. The number of hydrogen-bond donors (Lipinski definition) is 1. The molecule has 0 bridgehead atoms. The average molecular weight is 256 g/mol. The fraction of sp³-hybridized carbons (Fsp3) is 0.250. The maximum atomic E-state index is 12.4. The molecule has 9 heteroatoms. The van der Waals surface area contributed by atoms with Crippen LogP contribution >= 0.6 is 0 Å². The summed E-state index contributed by atoms with van der Waals surface area (Å²) >= 11 is 0. The van der Waals surface area contributed by atoms with Crippen LogP contribution in [0.4, 0.5) is 37.7 Å². The zero-order chi connectivity index (χ0) is 13.4. The fourth-order valence-corrected chi connectivity index (χ4v) is 1.16. The molecule has 1 aromatic rings. The molecule has 0 saturated heterocycles. The molecule has 0 saturated carbocycles. The first-order valence-corrected chi connectivity index (χ1v) is 4.00. The smallest absolute Gasteiger partial charge is 0.398 e. The Balaban J connectivity index is 3.61. The highest BCUT2D eigenvalue weighted by Crippen LogP contribution is 2.43. The van der Waals surface area contributed by atoms with Crippen molar-refractivity contribution >= 4 is 11.4 Å². The number of alkyl halides is 6. The first-order valence-electron chi connectivity index (χ1n) is 4.00. The molecule has 0 aromatic heterocycles. The molecular weight excluding hydrogens is 252 g/mol. The van der Waals surface area contributed by atoms with Gasteiger partial charge in [0.25, 0.3) is 0 Å². The van der Waals surface area contributed by atoms with Gasteiger partial charge in [0.15, 0.2) is 4.98 Å². The number of hydrogen-bond acceptors (Lipinski definition) is 2. The van der Waals surface area contributed by atoms with Crippen LogP contribution in [0.1, 0.15) is 11.1 Å². The Bertz CT molecular complexity index is 446. The van der Waals surface area contributed by atoms with Crippen molar-refractivity contribution in [3.05, 3.63) is 28.2 Å². The molecule has 0 atom stereocenters. The van der Waals surface area contributed by atoms with Crippen molar-refractivity contribution in [3.8, 4) is 0 Å². The van der Waals surface area contributed by atoms with Gasteiger partial charge in [0, 0.05) is 12.1 Å². The zero-order valence-electron chi connectivity index (χ0n) is 7.89. The second-order valence-electron chi connectivity index (χ2n) is 3.05. The summed E-state index contributed by atoms with van der Waals surface area (Å²) in [6, 6.07) is 0.454. The molecule has 0 aliphatic carbocycles. The van der Waals surface area contributed by atoms with Gasteiger partial charge in [-0.3, -0.25) is 0 Å². The first kappa shape index (κ1) is 13.1. The van der Waals surface area contributed by atoms with Gasteiger partial charge in [-0.15, -0.1) is 0 Å². The lowest BCUT2D eigenvalue weighted by Crippen LogP contribution is -2.15. The van der Waals surface area contributed by atoms with Crippen LogP contribution in [0, 0.1) is 5.39 Å². The largest absolute Gasteiger partial charge is 0.418 e. The third kappa shape index (κ3) is 2.58. The van der Waals surface area contributed by atoms with Crippen molar-refractivity contribution in [1.82, 2.24) is 0 Å². The van der Waals surface area contributed by atoms with Gasteiger partial charge < -0.3 is 5.73 Å². The molecule has 3 nitrogen and oxygen atoms in total. The summed E-state index contributed by atoms with van der Waals surface area (Å²) in [5.41, 5.74) is -0.896. The van der Waals surface area contributed by atoms with Crippen LogP contribution in [0.5, 0.6) is 0 Å². The second-order valence-corrected chi connectivity index (χ2v) is 3.05. The predicted octanol–water partition coefficient (Wildman–Crippen LogP) is 3.79. The molecule has 0 heterocycles. The molecule has 0 radical (unpaired) electrons. The van der Waals surface area contributed by atoms with E-state index in [1.165, 1.54) is 0 Å². The molecule has 1 aromatic carbocycles. The predicted molar refractivity (Wildman–Crippen MR) is 45.6 cm³/mol. The minimum absolute atomic E-state index is 0.227. The molecule has 2 N–H and O–H groups in total. The topological polar surface area (TPSA) is 54.2 Å². The molecule has 92 valence electrons. The van der Waals surface area contributed by atoms with Gasteiger partial charge >= 0.3 is 18.0 Å². The highest BCUT2D eigenvalue weighted by molar-refractivity contribution is 5.64. The maximum absolute atomic E-state index is 12.4. The lowest BCUT2D eigenvalue weighted by Gasteiger charge is -2.14. The Hall–Kier alpha value is -1.98. The van der Waals surface area contributed by atoms with Gasteiger partial charge in [0.05, 0.1) is 16.8 Å². The molecular formula is C8H4F6N3+. The van der Waals surface area contributed by atoms with E-state index < -0.39 is 34.9 Å². The molecule has 0 aliphatic heterocycles. The SMILES string of the molecule is N#[N+]c1cc(C(F)(F)F)c(N)c(C(F)(F)F)c1. The number of nitrogens with zero attached hydrogens (tertiary/aromatic N) is 2. The normalized spacial score (nSPS) is 12.3. The number of anilines is 1. The number of benzene rings is 1. The Morgan fingerprint density at radius 1 is 0.941 bits per heavy atom. The standard InChI is InChI=1S/C8H4F6N3/c9-7(10,11)4-1-3(17-16)2-5(6(4)15)8(12,13)14/h1-2H,15H2/q+1. The van der Waals surface area contributed by atoms with Crippen molar-refractivity contribution in [2.24, 2.45) is 0 Å². The molecule has 0 unspecified atom stereocenters. The van der Waals surface area contributed by atoms with E-state index in [-0.39, 0.29) is 12.1 Å². The number of rotatable bonds is 0. The van der Waals surface area contributed by atoms with E-state index in [2.05, 4.69) is 4.98 Å². The number of nitrogens with two attached hydrogens (primary N) is 1. The van der Waals surface area contributed by atoms with Crippen LogP contribution in [0.25, 0.3) is 4.98 Å². The van der Waals surface area contributed by atoms with Crippen molar-refractivity contribution in [3.63, 3.8) is 0 Å². The average Bonchev–Trinajstić information content (AvgIpc) is 2.14. The van der Waals surface area contributed by atoms with Crippen LogP contribution in [0.3, 0.4) is 0 Å². The monoisotopic (exact) mass is 256 g/mol. The summed E-state index contributed by atoms with van der Waals surface area (Å²) in [6.45, 7) is 0. The van der Waals surface area contributed by atoms with Gasteiger partial charge in [-0.05, 0) is 0 Å². The van der Waals surface area contributed by atoms with Crippen LogP contribution < -0.4 is 5.73 Å². The van der Waals surface area contributed by atoms with Crippen LogP contribution in [-0.2, 0) is 12.4 Å². The summed E-state index contributed by atoms with van der Waals surface area (Å²) in [7, 11) is 0. The third-order valence-electron chi connectivity index (χ3n) is 1.89. The third-order valence-corrected chi connectivity index (χ3v) is 1.89. The number of nitrogen functional groups attached to an aromatic ring is 1. The summed E-state index contributed by atoms with van der Waals surface area (Å²) in [6.07, 6.45) is -10.1. The highest BCUT2D eigenvalue weighted by atomic mass is 19.4. The van der Waals surface area contributed by atoms with Crippen LogP contribution in [-0.4, -0.2) is 0 Å². The molecule has 0 fully saturated rings. The zero-order valence-corrected chi connectivity index (χ0v) is 7.89. The first-order chi connectivity index (χ1) is 7.57. The molecule has 0 aliphatic rings. The summed E-state index contributed by atoms with van der Waals surface area (Å²) in [4.78, 5) is 2.30. The van der Waals surface area contributed by atoms with E-state index in [0.29, 0.717) is 0 Å². The van der Waals surface area contributed by atoms with Gasteiger partial charge in [-0.1, -0.05) is 0 Å². The summed E-state index contributed by atoms with van der Waals surface area (Å²) in [5.74, 6) is 0. The Morgan fingerprint density at radius 2 is 1.29 bits per heavy atom. The van der Waals surface area contributed by atoms with Crippen molar-refractivity contribution in [2.45, 2.75) is 12.4 Å². The Kier molecular flexibility index (Phi) is 2.92. The van der Waals surface area contributed by atoms with E-state index in [4.69, 9.17) is 11.1 Å². The second kappa shape index (κ2) is 3.80. The molecule has 17 heavy (non-hydrogen) atoms. The highest BCUT2D eigenvalue weighted by Gasteiger charge is 2.42. The van der Waals surface area contributed by atoms with Crippen molar-refractivity contribution in [2.75, 3.05) is 5.73 Å². The Morgan fingerprint density at radius 3 is 1.53 bits per heavy atom. The minimum Gasteiger partial charge on any atom is -0.398 e. The van der Waals surface area contributed by atoms with E-state index in [0.717, 1.165) is 0 Å².